The topological polar surface area (TPSA) is 34.9 Å². The van der Waals surface area contributed by atoms with Crippen molar-refractivity contribution in [3.05, 3.63) is 29.6 Å². The predicted molar refractivity (Wildman–Crippen MR) is 55.5 cm³/mol. The molecule has 0 aliphatic carbocycles. The van der Waals surface area contributed by atoms with Gasteiger partial charge in [0.2, 0.25) is 0 Å². The molecule has 0 saturated carbocycles. The molecule has 0 fully saturated rings. The van der Waals surface area contributed by atoms with Crippen LogP contribution in [0, 0.1) is 6.92 Å². The number of para-hydroxylation sites is 1. The SMILES string of the molecule is CC(=O)c1nc2c(C)cccc2n1C. The van der Waals surface area contributed by atoms with E-state index in [2.05, 4.69) is 4.98 Å². The number of aromatic nitrogens is 2. The van der Waals surface area contributed by atoms with Crippen molar-refractivity contribution in [3.8, 4) is 0 Å². The second kappa shape index (κ2) is 2.94. The first-order valence-corrected chi connectivity index (χ1v) is 4.54. The fraction of sp³-hybridized carbons (Fsp3) is 0.273. The van der Waals surface area contributed by atoms with Crippen LogP contribution in [-0.2, 0) is 7.05 Å². The molecule has 0 saturated heterocycles. The number of rotatable bonds is 1. The van der Waals surface area contributed by atoms with Gasteiger partial charge >= 0.3 is 0 Å². The molecule has 72 valence electrons. The van der Waals surface area contributed by atoms with E-state index in [9.17, 15) is 4.79 Å². The van der Waals surface area contributed by atoms with E-state index in [0.717, 1.165) is 16.6 Å². The number of Topliss-reactive ketones (excluding diaryl/α,β-unsaturated/α-hetero) is 1. The summed E-state index contributed by atoms with van der Waals surface area (Å²) in [7, 11) is 1.87. The lowest BCUT2D eigenvalue weighted by molar-refractivity contribution is 0.100. The Morgan fingerprint density at radius 1 is 1.43 bits per heavy atom. The Morgan fingerprint density at radius 3 is 2.71 bits per heavy atom. The van der Waals surface area contributed by atoms with Gasteiger partial charge < -0.3 is 4.57 Å². The molecule has 0 spiro atoms. The van der Waals surface area contributed by atoms with Gasteiger partial charge in [-0.05, 0) is 18.6 Å². The molecule has 1 heterocycles. The van der Waals surface area contributed by atoms with Crippen molar-refractivity contribution in [1.29, 1.82) is 0 Å². The standard InChI is InChI=1S/C11H12N2O/c1-7-5-4-6-9-10(7)12-11(8(2)14)13(9)3/h4-6H,1-3H3. The highest BCUT2D eigenvalue weighted by Gasteiger charge is 2.11. The van der Waals surface area contributed by atoms with Crippen LogP contribution in [-0.4, -0.2) is 15.3 Å². The average Bonchev–Trinajstić information content (AvgIpc) is 2.46. The molecule has 2 rings (SSSR count). The summed E-state index contributed by atoms with van der Waals surface area (Å²) in [5, 5.41) is 0. The van der Waals surface area contributed by atoms with Crippen LogP contribution in [0.3, 0.4) is 0 Å². The summed E-state index contributed by atoms with van der Waals surface area (Å²) >= 11 is 0. The summed E-state index contributed by atoms with van der Waals surface area (Å²) in [5.41, 5.74) is 3.03. The van der Waals surface area contributed by atoms with E-state index in [-0.39, 0.29) is 5.78 Å². The summed E-state index contributed by atoms with van der Waals surface area (Å²) in [4.78, 5) is 15.6. The maximum absolute atomic E-state index is 11.3. The van der Waals surface area contributed by atoms with Gasteiger partial charge in [-0.25, -0.2) is 4.98 Å². The molecule has 3 nitrogen and oxygen atoms in total. The Morgan fingerprint density at radius 2 is 2.14 bits per heavy atom. The number of nitrogens with zero attached hydrogens (tertiary/aromatic N) is 2. The van der Waals surface area contributed by atoms with Crippen molar-refractivity contribution in [2.45, 2.75) is 13.8 Å². The van der Waals surface area contributed by atoms with Crippen LogP contribution < -0.4 is 0 Å². The van der Waals surface area contributed by atoms with Crippen LogP contribution >= 0.6 is 0 Å². The molecular weight excluding hydrogens is 176 g/mol. The molecule has 0 aliphatic rings. The Kier molecular flexibility index (Phi) is 1.88. The molecule has 1 aromatic heterocycles. The summed E-state index contributed by atoms with van der Waals surface area (Å²) < 4.78 is 1.84. The molecule has 14 heavy (non-hydrogen) atoms. The minimum atomic E-state index is 0.00287. The van der Waals surface area contributed by atoms with E-state index in [4.69, 9.17) is 0 Å². The van der Waals surface area contributed by atoms with Crippen LogP contribution in [0.1, 0.15) is 23.1 Å². The summed E-state index contributed by atoms with van der Waals surface area (Å²) in [5.74, 6) is 0.525. The molecule has 2 aromatic rings. The maximum atomic E-state index is 11.3. The Bertz CT molecular complexity index is 511. The number of hydrogen-bond acceptors (Lipinski definition) is 2. The van der Waals surface area contributed by atoms with Gasteiger partial charge in [0.05, 0.1) is 11.0 Å². The van der Waals surface area contributed by atoms with E-state index >= 15 is 0 Å². The van der Waals surface area contributed by atoms with Crippen molar-refractivity contribution in [2.75, 3.05) is 0 Å². The van der Waals surface area contributed by atoms with E-state index in [1.807, 2.05) is 36.7 Å². The summed E-state index contributed by atoms with van der Waals surface area (Å²) in [6.45, 7) is 3.54. The number of hydrogen-bond donors (Lipinski definition) is 0. The highest BCUT2D eigenvalue weighted by Crippen LogP contribution is 2.18. The second-order valence-electron chi connectivity index (χ2n) is 3.49. The highest BCUT2D eigenvalue weighted by molar-refractivity contribution is 5.95. The number of aryl methyl sites for hydroxylation is 2. The molecule has 0 unspecified atom stereocenters. The Balaban J connectivity index is 2.86. The fourth-order valence-electron chi connectivity index (χ4n) is 1.67. The summed E-state index contributed by atoms with van der Waals surface area (Å²) in [6.07, 6.45) is 0. The lowest BCUT2D eigenvalue weighted by atomic mass is 10.2. The number of ketones is 1. The van der Waals surface area contributed by atoms with Crippen molar-refractivity contribution < 1.29 is 4.79 Å². The van der Waals surface area contributed by atoms with E-state index in [1.165, 1.54) is 6.92 Å². The first kappa shape index (κ1) is 8.94. The predicted octanol–water partition coefficient (Wildman–Crippen LogP) is 2.08. The maximum Gasteiger partial charge on any atom is 0.195 e. The lowest BCUT2D eigenvalue weighted by Gasteiger charge is -1.97. The Hall–Kier alpha value is -1.64. The molecule has 0 atom stereocenters. The largest absolute Gasteiger partial charge is 0.325 e. The van der Waals surface area contributed by atoms with Crippen molar-refractivity contribution in [2.24, 2.45) is 7.05 Å². The quantitative estimate of drug-likeness (QED) is 0.642. The zero-order chi connectivity index (χ0) is 10.3. The van der Waals surface area contributed by atoms with E-state index < -0.39 is 0 Å². The van der Waals surface area contributed by atoms with Crippen molar-refractivity contribution in [1.82, 2.24) is 9.55 Å². The molecule has 0 N–H and O–H groups in total. The van der Waals surface area contributed by atoms with Crippen LogP contribution in [0.4, 0.5) is 0 Å². The van der Waals surface area contributed by atoms with Gasteiger partial charge in [0.25, 0.3) is 0 Å². The van der Waals surface area contributed by atoms with Crippen LogP contribution in [0.5, 0.6) is 0 Å². The minimum Gasteiger partial charge on any atom is -0.325 e. The van der Waals surface area contributed by atoms with E-state index in [0.29, 0.717) is 5.82 Å². The van der Waals surface area contributed by atoms with Gasteiger partial charge in [0.1, 0.15) is 0 Å². The first-order valence-electron chi connectivity index (χ1n) is 4.54. The van der Waals surface area contributed by atoms with Gasteiger partial charge in [-0.15, -0.1) is 0 Å². The average molecular weight is 188 g/mol. The third kappa shape index (κ3) is 1.13. The zero-order valence-corrected chi connectivity index (χ0v) is 8.53. The summed E-state index contributed by atoms with van der Waals surface area (Å²) in [6, 6.07) is 5.95. The number of imidazole rings is 1. The van der Waals surface area contributed by atoms with Gasteiger partial charge in [-0.1, -0.05) is 12.1 Å². The third-order valence-corrected chi connectivity index (χ3v) is 2.43. The minimum absolute atomic E-state index is 0.00287. The van der Waals surface area contributed by atoms with E-state index in [1.54, 1.807) is 0 Å². The Labute approximate surface area is 82.4 Å². The monoisotopic (exact) mass is 188 g/mol. The van der Waals surface area contributed by atoms with Gasteiger partial charge in [-0.3, -0.25) is 4.79 Å². The molecule has 1 aromatic carbocycles. The molecule has 0 amide bonds. The molecule has 0 aliphatic heterocycles. The molecule has 0 radical (unpaired) electrons. The number of carbonyl (C=O) groups excluding carboxylic acids is 1. The lowest BCUT2D eigenvalue weighted by Crippen LogP contribution is -2.02. The van der Waals surface area contributed by atoms with Gasteiger partial charge in [0.15, 0.2) is 11.6 Å². The molecule has 3 heteroatoms. The van der Waals surface area contributed by atoms with Gasteiger partial charge in [-0.2, -0.15) is 0 Å². The van der Waals surface area contributed by atoms with Gasteiger partial charge in [0, 0.05) is 14.0 Å². The smallest absolute Gasteiger partial charge is 0.195 e. The number of fused-ring (bicyclic) bond motifs is 1. The van der Waals surface area contributed by atoms with Crippen molar-refractivity contribution >= 4 is 16.8 Å². The third-order valence-electron chi connectivity index (χ3n) is 2.43. The molecular formula is C11H12N2O. The highest BCUT2D eigenvalue weighted by atomic mass is 16.1. The number of carbonyl (C=O) groups is 1. The zero-order valence-electron chi connectivity index (χ0n) is 8.53. The van der Waals surface area contributed by atoms with Crippen LogP contribution in [0.2, 0.25) is 0 Å². The second-order valence-corrected chi connectivity index (χ2v) is 3.49. The van der Waals surface area contributed by atoms with Crippen LogP contribution in [0.25, 0.3) is 11.0 Å². The normalized spacial score (nSPS) is 10.8. The number of benzene rings is 1. The molecule has 0 bridgehead atoms. The van der Waals surface area contributed by atoms with Crippen molar-refractivity contribution in [3.63, 3.8) is 0 Å². The fourth-order valence-corrected chi connectivity index (χ4v) is 1.67. The van der Waals surface area contributed by atoms with Crippen LogP contribution in [0.15, 0.2) is 18.2 Å². The first-order chi connectivity index (χ1) is 6.61.